The van der Waals surface area contributed by atoms with Gasteiger partial charge in [0.25, 0.3) is 0 Å². The summed E-state index contributed by atoms with van der Waals surface area (Å²) in [6.07, 6.45) is 12.6. The van der Waals surface area contributed by atoms with E-state index in [9.17, 15) is 14.7 Å². The third kappa shape index (κ3) is 5.68. The van der Waals surface area contributed by atoms with E-state index in [4.69, 9.17) is 5.11 Å². The van der Waals surface area contributed by atoms with Gasteiger partial charge in [-0.25, -0.2) is 4.79 Å². The van der Waals surface area contributed by atoms with Crippen LogP contribution in [0.1, 0.15) is 67.3 Å². The van der Waals surface area contributed by atoms with E-state index >= 15 is 0 Å². The molecule has 0 radical (unpaired) electrons. The molecule has 2 aliphatic rings. The summed E-state index contributed by atoms with van der Waals surface area (Å²) in [4.78, 5) is 25.1. The van der Waals surface area contributed by atoms with Crippen LogP contribution in [0.25, 0.3) is 0 Å². The molecule has 28 heavy (non-hydrogen) atoms. The molecule has 0 spiro atoms. The maximum atomic E-state index is 12.2. The lowest BCUT2D eigenvalue weighted by atomic mass is 9.99. The Morgan fingerprint density at radius 2 is 1.89 bits per heavy atom. The average molecular weight is 386 g/mol. The van der Waals surface area contributed by atoms with Crippen LogP contribution in [0.4, 0.5) is 0 Å². The number of carboxylic acids is 1. The first-order chi connectivity index (χ1) is 13.5. The predicted molar refractivity (Wildman–Crippen MR) is 108 cm³/mol. The molecule has 2 fully saturated rings. The second-order valence-electron chi connectivity index (χ2n) is 8.13. The number of carbonyl (C=O) groups excluding carboxylic acids is 1. The van der Waals surface area contributed by atoms with Crippen molar-refractivity contribution in [2.75, 3.05) is 6.54 Å². The molecule has 2 atom stereocenters. The number of carbonyl (C=O) groups is 2. The molecular formula is C23H31NO4. The maximum Gasteiger partial charge on any atom is 0.335 e. The highest BCUT2D eigenvalue weighted by Gasteiger charge is 2.28. The number of carboxylic acid groups (broad SMARTS) is 1. The number of amides is 1. The molecule has 1 aliphatic heterocycles. The fourth-order valence-electron chi connectivity index (χ4n) is 4.37. The number of hydrogen-bond acceptors (Lipinski definition) is 3. The zero-order chi connectivity index (χ0) is 19.9. The maximum absolute atomic E-state index is 12.2. The fourth-order valence-corrected chi connectivity index (χ4v) is 4.37. The third-order valence-corrected chi connectivity index (χ3v) is 6.12. The van der Waals surface area contributed by atoms with Gasteiger partial charge in [0, 0.05) is 13.0 Å². The first kappa shape index (κ1) is 20.6. The van der Waals surface area contributed by atoms with Gasteiger partial charge < -0.3 is 15.1 Å². The largest absolute Gasteiger partial charge is 0.478 e. The zero-order valence-corrected chi connectivity index (χ0v) is 16.4. The zero-order valence-electron chi connectivity index (χ0n) is 16.4. The first-order valence-electron chi connectivity index (χ1n) is 10.5. The molecule has 1 heterocycles. The van der Waals surface area contributed by atoms with E-state index in [-0.39, 0.29) is 17.5 Å². The lowest BCUT2D eigenvalue weighted by Gasteiger charge is -2.23. The number of hydrogen-bond donors (Lipinski definition) is 2. The van der Waals surface area contributed by atoms with Gasteiger partial charge in [0.15, 0.2) is 0 Å². The van der Waals surface area contributed by atoms with Gasteiger partial charge >= 0.3 is 5.97 Å². The van der Waals surface area contributed by atoms with Crippen molar-refractivity contribution in [2.45, 2.75) is 69.9 Å². The minimum Gasteiger partial charge on any atom is -0.478 e. The summed E-state index contributed by atoms with van der Waals surface area (Å²) in [6, 6.07) is 6.86. The molecule has 1 aromatic rings. The molecule has 152 valence electrons. The van der Waals surface area contributed by atoms with Gasteiger partial charge in [-0.15, -0.1) is 0 Å². The fraction of sp³-hybridized carbons (Fsp3) is 0.565. The Hall–Kier alpha value is -2.14. The van der Waals surface area contributed by atoms with E-state index in [1.54, 1.807) is 12.1 Å². The molecule has 1 amide bonds. The third-order valence-electron chi connectivity index (χ3n) is 6.12. The van der Waals surface area contributed by atoms with Crippen molar-refractivity contribution in [3.63, 3.8) is 0 Å². The molecule has 5 nitrogen and oxygen atoms in total. The summed E-state index contributed by atoms with van der Waals surface area (Å²) < 4.78 is 0. The van der Waals surface area contributed by atoms with Gasteiger partial charge in [-0.1, -0.05) is 50.0 Å². The molecule has 1 aromatic carbocycles. The molecule has 0 unspecified atom stereocenters. The number of aliphatic hydroxyl groups excluding tert-OH is 1. The predicted octanol–water partition coefficient (Wildman–Crippen LogP) is 3.81. The Bertz CT molecular complexity index is 691. The highest BCUT2D eigenvalue weighted by Crippen LogP contribution is 2.29. The Kier molecular flexibility index (Phi) is 7.26. The molecule has 3 rings (SSSR count). The Labute approximate surface area is 167 Å². The molecule has 1 saturated carbocycles. The second kappa shape index (κ2) is 9.87. The molecule has 0 aromatic heterocycles. The van der Waals surface area contributed by atoms with Crippen LogP contribution in [-0.4, -0.2) is 45.7 Å². The minimum atomic E-state index is -0.932. The lowest BCUT2D eigenvalue weighted by molar-refractivity contribution is -0.128. The van der Waals surface area contributed by atoms with Gasteiger partial charge in [0.1, 0.15) is 0 Å². The van der Waals surface area contributed by atoms with Crippen LogP contribution >= 0.6 is 0 Å². The van der Waals surface area contributed by atoms with Crippen LogP contribution < -0.4 is 0 Å². The molecule has 1 aliphatic carbocycles. The number of benzene rings is 1. The SMILES string of the molecule is O=C(O)c1ccc(CCN2C(=O)CC[C@@H]2C=C[C@@H](O)CCC2CCCC2)cc1. The van der Waals surface area contributed by atoms with E-state index < -0.39 is 12.1 Å². The van der Waals surface area contributed by atoms with Crippen LogP contribution in [0, 0.1) is 5.92 Å². The van der Waals surface area contributed by atoms with Gasteiger partial charge in [0.2, 0.25) is 5.91 Å². The summed E-state index contributed by atoms with van der Waals surface area (Å²) >= 11 is 0. The van der Waals surface area contributed by atoms with Crippen molar-refractivity contribution in [2.24, 2.45) is 5.92 Å². The quantitative estimate of drug-likeness (QED) is 0.634. The van der Waals surface area contributed by atoms with Crippen molar-refractivity contribution < 1.29 is 19.8 Å². The summed E-state index contributed by atoms with van der Waals surface area (Å²) in [6.45, 7) is 0.610. The van der Waals surface area contributed by atoms with Crippen LogP contribution in [0.5, 0.6) is 0 Å². The van der Waals surface area contributed by atoms with E-state index in [0.29, 0.717) is 19.4 Å². The van der Waals surface area contributed by atoms with E-state index in [1.807, 2.05) is 29.2 Å². The highest BCUT2D eigenvalue weighted by atomic mass is 16.4. The second-order valence-corrected chi connectivity index (χ2v) is 8.13. The van der Waals surface area contributed by atoms with Crippen molar-refractivity contribution in [3.8, 4) is 0 Å². The topological polar surface area (TPSA) is 77.8 Å². The molecule has 5 heteroatoms. The lowest BCUT2D eigenvalue weighted by Crippen LogP contribution is -2.33. The number of likely N-dealkylation sites (tertiary alicyclic amines) is 1. The normalized spacial score (nSPS) is 21.7. The Morgan fingerprint density at radius 3 is 2.57 bits per heavy atom. The summed E-state index contributed by atoms with van der Waals surface area (Å²) in [7, 11) is 0. The van der Waals surface area contributed by atoms with Gasteiger partial charge in [-0.3, -0.25) is 4.79 Å². The van der Waals surface area contributed by atoms with Crippen LogP contribution in [0.3, 0.4) is 0 Å². The van der Waals surface area contributed by atoms with Crippen LogP contribution in [0.2, 0.25) is 0 Å². The highest BCUT2D eigenvalue weighted by molar-refractivity contribution is 5.87. The smallest absolute Gasteiger partial charge is 0.335 e. The summed E-state index contributed by atoms with van der Waals surface area (Å²) in [5, 5.41) is 19.2. The number of aliphatic hydroxyl groups is 1. The summed E-state index contributed by atoms with van der Waals surface area (Å²) in [5.41, 5.74) is 1.29. The number of rotatable bonds is 9. The molecule has 0 bridgehead atoms. The van der Waals surface area contributed by atoms with Crippen LogP contribution in [0.15, 0.2) is 36.4 Å². The minimum absolute atomic E-state index is 0.0481. The van der Waals surface area contributed by atoms with Crippen molar-refractivity contribution in [3.05, 3.63) is 47.5 Å². The number of aromatic carboxylic acids is 1. The van der Waals surface area contributed by atoms with E-state index in [0.717, 1.165) is 30.7 Å². The van der Waals surface area contributed by atoms with Crippen molar-refractivity contribution in [1.29, 1.82) is 0 Å². The van der Waals surface area contributed by atoms with Gasteiger partial charge in [-0.05, 0) is 49.3 Å². The molecule has 2 N–H and O–H groups in total. The summed E-state index contributed by atoms with van der Waals surface area (Å²) in [5.74, 6) is -0.00432. The van der Waals surface area contributed by atoms with Crippen LogP contribution in [-0.2, 0) is 11.2 Å². The number of nitrogens with zero attached hydrogens (tertiary/aromatic N) is 1. The van der Waals surface area contributed by atoms with Gasteiger partial charge in [0.05, 0.1) is 17.7 Å². The van der Waals surface area contributed by atoms with Crippen molar-refractivity contribution in [1.82, 2.24) is 4.90 Å². The molecule has 1 saturated heterocycles. The Morgan fingerprint density at radius 1 is 1.18 bits per heavy atom. The van der Waals surface area contributed by atoms with Crippen molar-refractivity contribution >= 4 is 11.9 Å². The monoisotopic (exact) mass is 385 g/mol. The first-order valence-corrected chi connectivity index (χ1v) is 10.5. The van der Waals surface area contributed by atoms with E-state index in [1.165, 1.54) is 25.7 Å². The Balaban J connectivity index is 1.48. The van der Waals surface area contributed by atoms with Gasteiger partial charge in [-0.2, -0.15) is 0 Å². The average Bonchev–Trinajstić information content (AvgIpc) is 3.33. The molecular weight excluding hydrogens is 354 g/mol. The standard InChI is InChI=1S/C23H31NO4/c25-21(12-7-17-3-1-2-4-17)13-10-20-11-14-22(26)24(20)16-15-18-5-8-19(9-6-18)23(27)28/h5-6,8-10,13,17,20-21,25H,1-4,7,11-12,14-16H2,(H,27,28)/t20-,21-/m0/s1. The van der Waals surface area contributed by atoms with E-state index in [2.05, 4.69) is 0 Å².